The number of ether oxygens (including phenoxy) is 7. The molecule has 4 saturated heterocycles. The second-order valence-corrected chi connectivity index (χ2v) is 24.0. The van der Waals surface area contributed by atoms with Crippen LogP contribution in [0.1, 0.15) is 106 Å². The second kappa shape index (κ2) is 16.6. The Bertz CT molecular complexity index is 1790. The smallest absolute Gasteiger partial charge is 0.187 e. The van der Waals surface area contributed by atoms with E-state index >= 15 is 0 Å². The zero-order valence-electron chi connectivity index (χ0n) is 39.4. The summed E-state index contributed by atoms with van der Waals surface area (Å²) in [4.78, 5) is 0. The summed E-state index contributed by atoms with van der Waals surface area (Å²) < 4.78 is 43.2. The molecule has 4 aliphatic heterocycles. The van der Waals surface area contributed by atoms with Crippen LogP contribution >= 0.6 is 0 Å². The third kappa shape index (κ3) is 7.06. The van der Waals surface area contributed by atoms with Gasteiger partial charge >= 0.3 is 0 Å². The highest BCUT2D eigenvalue weighted by atomic mass is 16.8. The maximum absolute atomic E-state index is 12.6. The van der Waals surface area contributed by atoms with E-state index in [0.717, 1.165) is 25.7 Å². The van der Waals surface area contributed by atoms with E-state index in [-0.39, 0.29) is 39.4 Å². The first-order chi connectivity index (χ1) is 30.7. The molecule has 9 aliphatic rings. The molecule has 19 nitrogen and oxygen atoms in total. The molecular formula is C47H78O19. The summed E-state index contributed by atoms with van der Waals surface area (Å²) in [5.74, 6) is -0.336. The van der Waals surface area contributed by atoms with Crippen LogP contribution in [0, 0.1) is 44.8 Å². The molecule has 380 valence electrons. The second-order valence-electron chi connectivity index (χ2n) is 24.0. The van der Waals surface area contributed by atoms with Gasteiger partial charge < -0.3 is 94.4 Å². The molecule has 12 N–H and O–H groups in total. The minimum atomic E-state index is -2.01. The third-order valence-electron chi connectivity index (χ3n) is 20.0. The van der Waals surface area contributed by atoms with Gasteiger partial charge in [0.1, 0.15) is 60.5 Å². The molecule has 0 aromatic rings. The number of hydrogen-bond donors (Lipinski definition) is 12. The van der Waals surface area contributed by atoms with E-state index in [2.05, 4.69) is 34.6 Å². The van der Waals surface area contributed by atoms with Crippen LogP contribution < -0.4 is 0 Å². The molecule has 25 atom stereocenters. The van der Waals surface area contributed by atoms with E-state index in [9.17, 15) is 61.3 Å². The first-order valence-electron chi connectivity index (χ1n) is 24.3. The minimum Gasteiger partial charge on any atom is -0.394 e. The third-order valence-corrected chi connectivity index (χ3v) is 20.0. The van der Waals surface area contributed by atoms with Crippen LogP contribution in [0.3, 0.4) is 0 Å². The molecular weight excluding hydrogens is 868 g/mol. The molecule has 5 saturated carbocycles. The topological polar surface area (TPSA) is 307 Å². The summed E-state index contributed by atoms with van der Waals surface area (Å²) in [6, 6.07) is 0. The fourth-order valence-corrected chi connectivity index (χ4v) is 16.4. The Hall–Kier alpha value is -0.760. The van der Waals surface area contributed by atoms with Crippen LogP contribution in [0.15, 0.2) is 0 Å². The van der Waals surface area contributed by atoms with Crippen LogP contribution in [0.2, 0.25) is 0 Å². The summed E-state index contributed by atoms with van der Waals surface area (Å²) in [6.45, 7) is 12.0. The van der Waals surface area contributed by atoms with E-state index in [1.54, 1.807) is 0 Å². The number of hydrogen-bond acceptors (Lipinski definition) is 19. The van der Waals surface area contributed by atoms with Crippen molar-refractivity contribution in [2.75, 3.05) is 26.4 Å². The lowest BCUT2D eigenvalue weighted by atomic mass is 9.41. The largest absolute Gasteiger partial charge is 0.394 e. The van der Waals surface area contributed by atoms with Crippen LogP contribution in [-0.2, 0) is 33.2 Å². The summed E-state index contributed by atoms with van der Waals surface area (Å²) >= 11 is 0. The molecule has 0 amide bonds. The minimum absolute atomic E-state index is 0.0854. The monoisotopic (exact) mass is 947 g/mol. The van der Waals surface area contributed by atoms with Gasteiger partial charge in [-0.2, -0.15) is 0 Å². The highest BCUT2D eigenvalue weighted by Gasteiger charge is 2.85. The predicted octanol–water partition coefficient (Wildman–Crippen LogP) is -1.45. The van der Waals surface area contributed by atoms with E-state index in [1.807, 2.05) is 13.8 Å². The van der Waals surface area contributed by atoms with E-state index in [1.165, 1.54) is 0 Å². The van der Waals surface area contributed by atoms with Crippen molar-refractivity contribution in [1.82, 2.24) is 0 Å². The van der Waals surface area contributed by atoms with Crippen LogP contribution in [0.25, 0.3) is 0 Å². The van der Waals surface area contributed by atoms with Gasteiger partial charge in [-0.25, -0.2) is 0 Å². The average molecular weight is 947 g/mol. The van der Waals surface area contributed by atoms with Crippen molar-refractivity contribution in [1.29, 1.82) is 0 Å². The normalized spacial score (nSPS) is 57.8. The Labute approximate surface area is 386 Å². The maximum Gasteiger partial charge on any atom is 0.187 e. The molecule has 0 aromatic carbocycles. The van der Waals surface area contributed by atoms with Crippen molar-refractivity contribution in [2.45, 2.75) is 221 Å². The van der Waals surface area contributed by atoms with Crippen molar-refractivity contribution in [3.63, 3.8) is 0 Å². The number of fused-ring (bicyclic) bond motifs is 2. The zero-order chi connectivity index (χ0) is 48.1. The molecule has 9 rings (SSSR count). The molecule has 9 fully saturated rings. The lowest BCUT2D eigenvalue weighted by molar-refractivity contribution is -0.355. The summed E-state index contributed by atoms with van der Waals surface area (Å²) in [5, 5.41) is 129. The summed E-state index contributed by atoms with van der Waals surface area (Å²) in [7, 11) is 0. The molecule has 2 spiro atoms. The van der Waals surface area contributed by atoms with Gasteiger partial charge in [0, 0.05) is 5.92 Å². The average Bonchev–Trinajstić information content (AvgIpc) is 3.40. The molecule has 5 aliphatic carbocycles. The van der Waals surface area contributed by atoms with E-state index < -0.39 is 147 Å². The fourth-order valence-electron chi connectivity index (χ4n) is 16.4. The molecule has 3 unspecified atom stereocenters. The van der Waals surface area contributed by atoms with Crippen molar-refractivity contribution >= 4 is 0 Å². The molecule has 66 heavy (non-hydrogen) atoms. The number of aliphatic hydroxyl groups is 12. The first kappa shape index (κ1) is 50.2. The van der Waals surface area contributed by atoms with Crippen molar-refractivity contribution < 1.29 is 94.4 Å². The Morgan fingerprint density at radius 2 is 1.30 bits per heavy atom. The van der Waals surface area contributed by atoms with Crippen molar-refractivity contribution in [3.05, 3.63) is 0 Å². The molecule has 0 radical (unpaired) electrons. The fraction of sp³-hybridized carbons (Fsp3) is 1.00. The van der Waals surface area contributed by atoms with Gasteiger partial charge in [-0.3, -0.25) is 0 Å². The summed E-state index contributed by atoms with van der Waals surface area (Å²) in [6.07, 6.45) is -13.6. The van der Waals surface area contributed by atoms with Crippen molar-refractivity contribution in [2.24, 2.45) is 44.8 Å². The lowest BCUT2D eigenvalue weighted by Crippen LogP contribution is -2.65. The van der Waals surface area contributed by atoms with Crippen molar-refractivity contribution in [3.8, 4) is 0 Å². The molecule has 0 aromatic heterocycles. The van der Waals surface area contributed by atoms with Gasteiger partial charge in [0.2, 0.25) is 0 Å². The number of aliphatic hydroxyl groups excluding tert-OH is 11. The van der Waals surface area contributed by atoms with Gasteiger partial charge in [-0.15, -0.1) is 0 Å². The highest BCUT2D eigenvalue weighted by molar-refractivity contribution is 5.33. The van der Waals surface area contributed by atoms with E-state index in [4.69, 9.17) is 33.2 Å². The van der Waals surface area contributed by atoms with Crippen LogP contribution in [0.5, 0.6) is 0 Å². The van der Waals surface area contributed by atoms with Gasteiger partial charge in [-0.1, -0.05) is 27.7 Å². The SMILES string of the molecule is CC1(C2[C@@H](O)C[C@@]3(C)[C@@H]4C[C@H](O)C5C(C)(C)[C@@H](O[C@@H]6O[C@H](CO)[C@@H](O)[C@H](O)[C@H]6O[C@@H]6OC[C@](O)(CO)[C@H]6O)CC[C@@]56C[C@@]46CC[C@]23C)CC[C@@H](C(C)(C)O[C@@H]2O[C@H](CO)[C@@H](O)[C@H](O)[C@H]2O)O1. The van der Waals surface area contributed by atoms with E-state index in [0.29, 0.717) is 32.1 Å². The highest BCUT2D eigenvalue weighted by Crippen LogP contribution is 2.89. The first-order valence-corrected chi connectivity index (χ1v) is 24.3. The Morgan fingerprint density at radius 1 is 0.652 bits per heavy atom. The maximum atomic E-state index is 12.6. The Morgan fingerprint density at radius 3 is 1.94 bits per heavy atom. The van der Waals surface area contributed by atoms with Crippen LogP contribution in [0.4, 0.5) is 0 Å². The zero-order valence-corrected chi connectivity index (χ0v) is 39.4. The quantitative estimate of drug-likeness (QED) is 0.106. The van der Waals surface area contributed by atoms with Gasteiger partial charge in [0.25, 0.3) is 0 Å². The Kier molecular flexibility index (Phi) is 12.7. The molecule has 0 bridgehead atoms. The molecule has 4 heterocycles. The van der Waals surface area contributed by atoms with Gasteiger partial charge in [0.15, 0.2) is 18.9 Å². The van der Waals surface area contributed by atoms with Gasteiger partial charge in [-0.05, 0) is 117 Å². The van der Waals surface area contributed by atoms with Crippen LogP contribution in [-0.4, -0.2) is 203 Å². The predicted molar refractivity (Wildman–Crippen MR) is 226 cm³/mol. The number of rotatable bonds is 11. The van der Waals surface area contributed by atoms with Gasteiger partial charge in [0.05, 0.1) is 62.0 Å². The summed E-state index contributed by atoms with van der Waals surface area (Å²) in [5.41, 5.74) is -5.47. The lowest BCUT2D eigenvalue weighted by Gasteiger charge is -2.65. The standard InChI is InChI=1S/C47H78O19/c1-40(2)26(63-38-33(31(56)29(54)24(17-49)62-38)64-39-36(58)47(59,19-50)20-60-39)9-11-46-18-45(46)13-12-42(5)35(22(52)15-43(42,6)25(45)14-21(51)34(40)46)44(7)10-8-27(65-44)41(3,4)66-37-32(57)30(55)28(53)23(16-48)61-37/h21-39,48-59H,8-20H2,1-7H3/t21-,22-,23+,24+,25-,26-,27-,28+,29+,30-,31-,32+,33+,34?,35?,36-,37-,38-,39-,42+,43-,44?,45-,46+,47+/m0/s1. The molecule has 19 heteroatoms. The Balaban J connectivity index is 0.918.